The Morgan fingerprint density at radius 2 is 1.54 bits per heavy atom. The van der Waals surface area contributed by atoms with E-state index in [0.29, 0.717) is 18.8 Å². The number of hydrogen-bond acceptors (Lipinski definition) is 4. The molecule has 1 aliphatic carbocycles. The topological polar surface area (TPSA) is 69.7 Å². The quantitative estimate of drug-likeness (QED) is 0.838. The van der Waals surface area contributed by atoms with Gasteiger partial charge in [-0.1, -0.05) is 30.3 Å². The molecule has 0 atom stereocenters. The predicted octanol–water partition coefficient (Wildman–Crippen LogP) is 2.29. The van der Waals surface area contributed by atoms with Crippen LogP contribution in [0.3, 0.4) is 0 Å². The van der Waals surface area contributed by atoms with Gasteiger partial charge in [-0.25, -0.2) is 8.42 Å². The minimum absolute atomic E-state index is 0.0339. The summed E-state index contributed by atoms with van der Waals surface area (Å²) in [5, 5.41) is 2.95. The van der Waals surface area contributed by atoms with Gasteiger partial charge in [-0.15, -0.1) is 0 Å². The highest BCUT2D eigenvalue weighted by molar-refractivity contribution is 7.89. The Balaban J connectivity index is 1.46. The fourth-order valence-corrected chi connectivity index (χ4v) is 5.09. The molecule has 1 N–H and O–H groups in total. The van der Waals surface area contributed by atoms with Crippen LogP contribution in [0.4, 0.5) is 5.69 Å². The maximum absolute atomic E-state index is 12.8. The number of nitrogens with one attached hydrogen (secondary N) is 1. The molecular weight excluding hydrogens is 374 g/mol. The number of rotatable bonds is 5. The van der Waals surface area contributed by atoms with Gasteiger partial charge in [0, 0.05) is 31.9 Å². The minimum Gasteiger partial charge on any atom is -0.325 e. The van der Waals surface area contributed by atoms with Gasteiger partial charge >= 0.3 is 0 Å². The molecule has 0 radical (unpaired) electrons. The fraction of sp³-hybridized carbons (Fsp3) is 0.381. The second-order valence-corrected chi connectivity index (χ2v) is 9.57. The molecule has 28 heavy (non-hydrogen) atoms. The number of carbonyl (C=O) groups is 1. The molecule has 2 aromatic carbocycles. The Bertz CT molecular complexity index is 946. The van der Waals surface area contributed by atoms with Crippen LogP contribution < -0.4 is 5.32 Å². The van der Waals surface area contributed by atoms with Crippen molar-refractivity contribution in [1.29, 1.82) is 0 Å². The lowest BCUT2D eigenvalue weighted by atomic mass is 9.95. The number of piperazine rings is 1. The first-order chi connectivity index (χ1) is 13.4. The maximum Gasteiger partial charge on any atom is 0.243 e. The van der Waals surface area contributed by atoms with Gasteiger partial charge < -0.3 is 10.2 Å². The molecule has 6 nitrogen and oxygen atoms in total. The van der Waals surface area contributed by atoms with E-state index in [1.165, 1.54) is 4.31 Å². The third kappa shape index (κ3) is 3.57. The summed E-state index contributed by atoms with van der Waals surface area (Å²) in [6.45, 7) is 2.46. The second kappa shape index (κ2) is 7.31. The lowest BCUT2D eigenvalue weighted by Crippen LogP contribution is -2.46. The molecule has 4 rings (SSSR count). The summed E-state index contributed by atoms with van der Waals surface area (Å²) in [6.07, 6.45) is 1.66. The van der Waals surface area contributed by atoms with Crippen LogP contribution in [0.1, 0.15) is 18.4 Å². The summed E-state index contributed by atoms with van der Waals surface area (Å²) in [6, 6.07) is 16.3. The van der Waals surface area contributed by atoms with Crippen LogP contribution in [-0.4, -0.2) is 56.8 Å². The summed E-state index contributed by atoms with van der Waals surface area (Å²) < 4.78 is 27.1. The first-order valence-electron chi connectivity index (χ1n) is 9.58. The van der Waals surface area contributed by atoms with Gasteiger partial charge in [-0.2, -0.15) is 4.31 Å². The molecule has 0 aromatic heterocycles. The minimum atomic E-state index is -3.50. The zero-order valence-corrected chi connectivity index (χ0v) is 16.8. The molecule has 2 aromatic rings. The van der Waals surface area contributed by atoms with E-state index >= 15 is 0 Å². The van der Waals surface area contributed by atoms with Crippen LogP contribution in [0.15, 0.2) is 59.5 Å². The predicted molar refractivity (Wildman–Crippen MR) is 109 cm³/mol. The van der Waals surface area contributed by atoms with Gasteiger partial charge in [-0.05, 0) is 49.7 Å². The van der Waals surface area contributed by atoms with E-state index < -0.39 is 15.4 Å². The third-order valence-electron chi connectivity index (χ3n) is 5.72. The molecular formula is C21H25N3O3S. The molecule has 1 saturated carbocycles. The van der Waals surface area contributed by atoms with Crippen LogP contribution in [0.2, 0.25) is 0 Å². The number of carbonyl (C=O) groups excluding carboxylic acids is 1. The van der Waals surface area contributed by atoms with E-state index in [1.807, 2.05) is 37.4 Å². The monoisotopic (exact) mass is 399 g/mol. The number of likely N-dealkylation sites (N-methyl/N-ethyl adjacent to an activating group) is 1. The van der Waals surface area contributed by atoms with Crippen molar-refractivity contribution in [1.82, 2.24) is 9.21 Å². The molecule has 0 bridgehead atoms. The van der Waals surface area contributed by atoms with Gasteiger partial charge in [0.2, 0.25) is 15.9 Å². The van der Waals surface area contributed by atoms with Gasteiger partial charge in [-0.3, -0.25) is 4.79 Å². The summed E-state index contributed by atoms with van der Waals surface area (Å²) in [4.78, 5) is 15.2. The average molecular weight is 400 g/mol. The summed E-state index contributed by atoms with van der Waals surface area (Å²) in [5.74, 6) is -0.0339. The van der Waals surface area contributed by atoms with Crippen molar-refractivity contribution in [2.24, 2.45) is 0 Å². The molecule has 1 saturated heterocycles. The van der Waals surface area contributed by atoms with E-state index in [4.69, 9.17) is 0 Å². The van der Waals surface area contributed by atoms with Crippen molar-refractivity contribution in [2.45, 2.75) is 23.2 Å². The fourth-order valence-electron chi connectivity index (χ4n) is 3.67. The van der Waals surface area contributed by atoms with Crippen molar-refractivity contribution in [3.63, 3.8) is 0 Å². The van der Waals surface area contributed by atoms with Crippen molar-refractivity contribution >= 4 is 21.6 Å². The van der Waals surface area contributed by atoms with Crippen molar-refractivity contribution in [3.05, 3.63) is 60.2 Å². The second-order valence-electron chi connectivity index (χ2n) is 7.63. The summed E-state index contributed by atoms with van der Waals surface area (Å²) in [5.41, 5.74) is 1.19. The summed E-state index contributed by atoms with van der Waals surface area (Å²) in [7, 11) is -1.51. The Hall–Kier alpha value is -2.22. The molecule has 0 unspecified atom stereocenters. The SMILES string of the molecule is CN1CCN(S(=O)(=O)c2ccc(NC(=O)C3(c4ccccc4)CC3)cc2)CC1. The average Bonchev–Trinajstić information content (AvgIpc) is 3.52. The van der Waals surface area contributed by atoms with Gasteiger partial charge in [0.15, 0.2) is 0 Å². The molecule has 2 fully saturated rings. The maximum atomic E-state index is 12.8. The molecule has 2 aliphatic rings. The number of benzene rings is 2. The first kappa shape index (κ1) is 19.1. The molecule has 1 aliphatic heterocycles. The van der Waals surface area contributed by atoms with Gasteiger partial charge in [0.25, 0.3) is 0 Å². The smallest absolute Gasteiger partial charge is 0.243 e. The number of sulfonamides is 1. The molecule has 148 valence electrons. The van der Waals surface area contributed by atoms with Crippen molar-refractivity contribution in [2.75, 3.05) is 38.5 Å². The highest BCUT2D eigenvalue weighted by atomic mass is 32.2. The summed E-state index contributed by atoms with van der Waals surface area (Å²) >= 11 is 0. The molecule has 1 amide bonds. The van der Waals surface area contributed by atoms with E-state index in [-0.39, 0.29) is 10.8 Å². The molecule has 1 heterocycles. The largest absolute Gasteiger partial charge is 0.325 e. The van der Waals surface area contributed by atoms with Crippen molar-refractivity contribution < 1.29 is 13.2 Å². The number of anilines is 1. The Kier molecular flexibility index (Phi) is 4.99. The number of hydrogen-bond donors (Lipinski definition) is 1. The van der Waals surface area contributed by atoms with Crippen LogP contribution >= 0.6 is 0 Å². The van der Waals surface area contributed by atoms with Crippen molar-refractivity contribution in [3.8, 4) is 0 Å². The zero-order valence-electron chi connectivity index (χ0n) is 16.0. The Labute approximate surface area is 166 Å². The van der Waals surface area contributed by atoms with E-state index in [0.717, 1.165) is 31.5 Å². The normalized spacial score (nSPS) is 19.9. The van der Waals surface area contributed by atoms with Crippen LogP contribution in [-0.2, 0) is 20.2 Å². The van der Waals surface area contributed by atoms with E-state index in [2.05, 4.69) is 10.2 Å². The van der Waals surface area contributed by atoms with E-state index in [1.54, 1.807) is 24.3 Å². The first-order valence-corrected chi connectivity index (χ1v) is 11.0. The molecule has 7 heteroatoms. The third-order valence-corrected chi connectivity index (χ3v) is 7.64. The highest BCUT2D eigenvalue weighted by Gasteiger charge is 2.51. The molecule has 0 spiro atoms. The lowest BCUT2D eigenvalue weighted by molar-refractivity contribution is -0.118. The number of amides is 1. The Morgan fingerprint density at radius 3 is 2.11 bits per heavy atom. The number of nitrogens with zero attached hydrogens (tertiary/aromatic N) is 2. The lowest BCUT2D eigenvalue weighted by Gasteiger charge is -2.31. The highest BCUT2D eigenvalue weighted by Crippen LogP contribution is 2.48. The van der Waals surface area contributed by atoms with E-state index in [9.17, 15) is 13.2 Å². The van der Waals surface area contributed by atoms with Gasteiger partial charge in [0.1, 0.15) is 0 Å². The van der Waals surface area contributed by atoms with Crippen LogP contribution in [0.5, 0.6) is 0 Å². The standard InChI is InChI=1S/C21H25N3O3S/c1-23-13-15-24(16-14-23)28(26,27)19-9-7-18(8-10-19)22-20(25)21(11-12-21)17-5-3-2-4-6-17/h2-10H,11-16H2,1H3,(H,22,25). The van der Waals surface area contributed by atoms with Gasteiger partial charge in [0.05, 0.1) is 10.3 Å². The Morgan fingerprint density at radius 1 is 0.929 bits per heavy atom. The van der Waals surface area contributed by atoms with Crippen LogP contribution in [0, 0.1) is 0 Å². The zero-order chi connectivity index (χ0) is 19.8. The van der Waals surface area contributed by atoms with Crippen LogP contribution in [0.25, 0.3) is 0 Å².